The van der Waals surface area contributed by atoms with Gasteiger partial charge >= 0.3 is 0 Å². The summed E-state index contributed by atoms with van der Waals surface area (Å²) >= 11 is 0. The Morgan fingerprint density at radius 3 is 2.45 bits per heavy atom. The van der Waals surface area contributed by atoms with E-state index in [0.717, 1.165) is 37.7 Å². The Hall–Kier alpha value is -2.25. The summed E-state index contributed by atoms with van der Waals surface area (Å²) in [6.07, 6.45) is 8.16. The highest BCUT2D eigenvalue weighted by atomic mass is 32.2. The lowest BCUT2D eigenvalue weighted by atomic mass is 10.1. The van der Waals surface area contributed by atoms with E-state index in [9.17, 15) is 13.2 Å². The first-order valence-corrected chi connectivity index (χ1v) is 11.7. The molecule has 2 fully saturated rings. The van der Waals surface area contributed by atoms with Crippen molar-refractivity contribution in [1.82, 2.24) is 14.2 Å². The lowest BCUT2D eigenvalue weighted by molar-refractivity contribution is 0.0735. The molecule has 1 aromatic heterocycles. The molecule has 4 rings (SSSR count). The van der Waals surface area contributed by atoms with Crippen molar-refractivity contribution < 1.29 is 13.2 Å². The summed E-state index contributed by atoms with van der Waals surface area (Å²) in [7, 11) is -3.58. The van der Waals surface area contributed by atoms with Crippen LogP contribution in [0.15, 0.2) is 47.6 Å². The summed E-state index contributed by atoms with van der Waals surface area (Å²) in [6, 6.07) is 8.96. The molecule has 0 spiro atoms. The number of hydrogen-bond acceptors (Lipinski definition) is 4. The molecule has 0 saturated carbocycles. The number of pyridine rings is 1. The number of hydrogen-bond donors (Lipinski definition) is 0. The number of amides is 1. The first-order valence-electron chi connectivity index (χ1n) is 10.3. The third-order valence-corrected chi connectivity index (χ3v) is 8.01. The van der Waals surface area contributed by atoms with E-state index in [4.69, 9.17) is 0 Å². The van der Waals surface area contributed by atoms with Gasteiger partial charge in [0.1, 0.15) is 0 Å². The second kappa shape index (κ2) is 8.24. The number of carbonyl (C=O) groups is 1. The van der Waals surface area contributed by atoms with Gasteiger partial charge in [0.15, 0.2) is 0 Å². The molecule has 29 heavy (non-hydrogen) atoms. The van der Waals surface area contributed by atoms with Crippen LogP contribution in [0.2, 0.25) is 0 Å². The smallest absolute Gasteiger partial charge is 0.254 e. The van der Waals surface area contributed by atoms with Crippen LogP contribution in [0.5, 0.6) is 0 Å². The van der Waals surface area contributed by atoms with Crippen LogP contribution in [0.3, 0.4) is 0 Å². The Balaban J connectivity index is 1.64. The van der Waals surface area contributed by atoms with E-state index in [1.165, 1.54) is 0 Å². The molecule has 1 atom stereocenters. The van der Waals surface area contributed by atoms with E-state index in [0.29, 0.717) is 30.8 Å². The number of carbonyl (C=O) groups excluding carboxylic acids is 1. The largest absolute Gasteiger partial charge is 0.332 e. The third kappa shape index (κ3) is 3.94. The molecule has 3 heterocycles. The minimum Gasteiger partial charge on any atom is -0.332 e. The quantitative estimate of drug-likeness (QED) is 0.769. The van der Waals surface area contributed by atoms with Gasteiger partial charge in [-0.05, 0) is 68.0 Å². The Morgan fingerprint density at radius 2 is 1.72 bits per heavy atom. The number of likely N-dealkylation sites (tertiary alicyclic amines) is 1. The fraction of sp³-hybridized carbons (Fsp3) is 0.455. The molecule has 0 radical (unpaired) electrons. The Bertz CT molecular complexity index is 986. The number of piperidine rings is 1. The predicted octanol–water partition coefficient (Wildman–Crippen LogP) is 3.54. The molecule has 0 aliphatic carbocycles. The average molecular weight is 414 g/mol. The molecular weight excluding hydrogens is 386 g/mol. The predicted molar refractivity (Wildman–Crippen MR) is 111 cm³/mol. The molecule has 7 heteroatoms. The van der Waals surface area contributed by atoms with Crippen LogP contribution < -0.4 is 0 Å². The zero-order chi connectivity index (χ0) is 20.4. The molecule has 2 aromatic rings. The van der Waals surface area contributed by atoms with E-state index >= 15 is 0 Å². The summed E-state index contributed by atoms with van der Waals surface area (Å²) in [5.41, 5.74) is 2.19. The Labute approximate surface area is 172 Å². The summed E-state index contributed by atoms with van der Waals surface area (Å²) in [6.45, 7) is 3.57. The van der Waals surface area contributed by atoms with E-state index in [1.807, 2.05) is 17.0 Å². The average Bonchev–Trinajstić information content (AvgIpc) is 3.24. The number of sulfonamides is 1. The lowest BCUT2D eigenvalue weighted by Crippen LogP contribution is -2.36. The van der Waals surface area contributed by atoms with Crippen molar-refractivity contribution in [3.05, 3.63) is 59.4 Å². The van der Waals surface area contributed by atoms with Gasteiger partial charge in [-0.2, -0.15) is 4.31 Å². The van der Waals surface area contributed by atoms with Crippen LogP contribution in [-0.4, -0.2) is 48.1 Å². The van der Waals surface area contributed by atoms with Gasteiger partial charge in [0.05, 0.1) is 10.9 Å². The van der Waals surface area contributed by atoms with Crippen LogP contribution >= 0.6 is 0 Å². The minimum atomic E-state index is -3.58. The van der Waals surface area contributed by atoms with Crippen molar-refractivity contribution in [2.75, 3.05) is 19.6 Å². The third-order valence-electron chi connectivity index (χ3n) is 5.97. The number of benzene rings is 1. The Kier molecular flexibility index (Phi) is 5.69. The maximum atomic E-state index is 13.3. The molecular formula is C22H27N3O3S. The zero-order valence-corrected chi connectivity index (χ0v) is 17.6. The lowest BCUT2D eigenvalue weighted by Gasteiger charge is -2.27. The highest BCUT2D eigenvalue weighted by Crippen LogP contribution is 2.33. The molecule has 1 aromatic carbocycles. The number of nitrogens with zero attached hydrogens (tertiary/aromatic N) is 3. The monoisotopic (exact) mass is 413 g/mol. The molecule has 2 aliphatic heterocycles. The van der Waals surface area contributed by atoms with Crippen molar-refractivity contribution in [2.24, 2.45) is 0 Å². The number of aryl methyl sites for hydroxylation is 1. The fourth-order valence-electron chi connectivity index (χ4n) is 4.36. The van der Waals surface area contributed by atoms with Gasteiger partial charge < -0.3 is 4.90 Å². The van der Waals surface area contributed by atoms with Gasteiger partial charge in [0, 0.05) is 37.6 Å². The summed E-state index contributed by atoms with van der Waals surface area (Å²) in [4.78, 5) is 19.5. The highest BCUT2D eigenvalue weighted by Gasteiger charge is 2.32. The van der Waals surface area contributed by atoms with E-state index in [1.54, 1.807) is 41.8 Å². The molecule has 0 bridgehead atoms. The van der Waals surface area contributed by atoms with Crippen molar-refractivity contribution >= 4 is 15.9 Å². The Morgan fingerprint density at radius 1 is 1.00 bits per heavy atom. The molecule has 154 valence electrons. The maximum Gasteiger partial charge on any atom is 0.254 e. The number of rotatable bonds is 4. The van der Waals surface area contributed by atoms with Gasteiger partial charge in [-0.25, -0.2) is 8.42 Å². The van der Waals surface area contributed by atoms with E-state index < -0.39 is 10.0 Å². The van der Waals surface area contributed by atoms with Gasteiger partial charge in [0.25, 0.3) is 5.91 Å². The maximum absolute atomic E-state index is 13.3. The molecule has 1 unspecified atom stereocenters. The highest BCUT2D eigenvalue weighted by molar-refractivity contribution is 7.89. The molecule has 2 saturated heterocycles. The molecule has 1 amide bonds. The van der Waals surface area contributed by atoms with E-state index in [-0.39, 0.29) is 16.8 Å². The molecule has 0 N–H and O–H groups in total. The van der Waals surface area contributed by atoms with Crippen LogP contribution in [0.4, 0.5) is 0 Å². The second-order valence-electron chi connectivity index (χ2n) is 7.88. The standard InChI is InChI=1S/C22H27N3O3S/c1-17-7-8-19(16-21(17)29(27,28)24-13-3-2-4-14-24)22(26)25-15-5-6-20(25)18-9-11-23-12-10-18/h7-12,16,20H,2-6,13-15H2,1H3. The summed E-state index contributed by atoms with van der Waals surface area (Å²) in [5.74, 6) is -0.112. The van der Waals surface area contributed by atoms with Crippen LogP contribution in [0, 0.1) is 6.92 Å². The minimum absolute atomic E-state index is 0.00829. The van der Waals surface area contributed by atoms with Crippen molar-refractivity contribution in [2.45, 2.75) is 50.0 Å². The number of aromatic nitrogens is 1. The van der Waals surface area contributed by atoms with Crippen molar-refractivity contribution in [3.63, 3.8) is 0 Å². The van der Waals surface area contributed by atoms with Crippen molar-refractivity contribution in [1.29, 1.82) is 0 Å². The van der Waals surface area contributed by atoms with Gasteiger partial charge in [-0.1, -0.05) is 12.5 Å². The first-order chi connectivity index (χ1) is 14.0. The van der Waals surface area contributed by atoms with Gasteiger partial charge in [0.2, 0.25) is 10.0 Å². The van der Waals surface area contributed by atoms with Crippen molar-refractivity contribution in [3.8, 4) is 0 Å². The van der Waals surface area contributed by atoms with Crippen LogP contribution in [0.25, 0.3) is 0 Å². The first kappa shape index (κ1) is 20.0. The molecule has 2 aliphatic rings. The fourth-order valence-corrected chi connectivity index (χ4v) is 6.13. The van der Waals surface area contributed by atoms with Crippen LogP contribution in [0.1, 0.15) is 59.6 Å². The van der Waals surface area contributed by atoms with Gasteiger partial charge in [-0.3, -0.25) is 9.78 Å². The van der Waals surface area contributed by atoms with Gasteiger partial charge in [-0.15, -0.1) is 0 Å². The second-order valence-corrected chi connectivity index (χ2v) is 9.79. The van der Waals surface area contributed by atoms with E-state index in [2.05, 4.69) is 4.98 Å². The zero-order valence-electron chi connectivity index (χ0n) is 16.8. The molecule has 6 nitrogen and oxygen atoms in total. The normalized spacial score (nSPS) is 20.7. The van der Waals surface area contributed by atoms with Crippen LogP contribution in [-0.2, 0) is 10.0 Å². The topological polar surface area (TPSA) is 70.6 Å². The SMILES string of the molecule is Cc1ccc(C(=O)N2CCCC2c2ccncc2)cc1S(=O)(=O)N1CCCCC1. The summed E-state index contributed by atoms with van der Waals surface area (Å²) in [5, 5.41) is 0. The summed E-state index contributed by atoms with van der Waals surface area (Å²) < 4.78 is 27.9.